The van der Waals surface area contributed by atoms with E-state index in [1.165, 1.54) is 12.1 Å². The average molecular weight is 417 g/mol. The van der Waals surface area contributed by atoms with Crippen molar-refractivity contribution in [1.29, 1.82) is 0 Å². The van der Waals surface area contributed by atoms with Crippen molar-refractivity contribution >= 4 is 23.2 Å². The van der Waals surface area contributed by atoms with E-state index < -0.39 is 0 Å². The first-order valence-corrected chi connectivity index (χ1v) is 10.3. The lowest BCUT2D eigenvalue weighted by molar-refractivity contribution is 0.0949. The first-order valence-electron chi connectivity index (χ1n) is 10.3. The Kier molecular flexibility index (Phi) is 6.26. The molecule has 31 heavy (non-hydrogen) atoms. The molecule has 3 aromatic rings. The fourth-order valence-corrected chi connectivity index (χ4v) is 3.79. The molecule has 0 saturated carbocycles. The van der Waals surface area contributed by atoms with Crippen molar-refractivity contribution in [2.75, 3.05) is 29.9 Å². The molecule has 0 spiro atoms. The lowest BCUT2D eigenvalue weighted by atomic mass is 10.1. The van der Waals surface area contributed by atoms with Crippen molar-refractivity contribution in [2.45, 2.75) is 6.42 Å². The van der Waals surface area contributed by atoms with E-state index in [1.807, 2.05) is 6.07 Å². The molecule has 5 nitrogen and oxygen atoms in total. The van der Waals surface area contributed by atoms with Crippen LogP contribution in [0.4, 0.5) is 15.8 Å². The van der Waals surface area contributed by atoms with Crippen LogP contribution in [0.25, 0.3) is 0 Å². The van der Waals surface area contributed by atoms with Crippen LogP contribution in [0.2, 0.25) is 0 Å². The van der Waals surface area contributed by atoms with Crippen LogP contribution in [0.1, 0.15) is 27.1 Å². The first-order chi connectivity index (χ1) is 15.1. The summed E-state index contributed by atoms with van der Waals surface area (Å²) >= 11 is 0. The number of halogens is 1. The molecule has 1 fully saturated rings. The van der Waals surface area contributed by atoms with E-state index in [-0.39, 0.29) is 17.6 Å². The number of hydrogen-bond donors (Lipinski definition) is 2. The molecule has 2 N–H and O–H groups in total. The number of anilines is 2. The molecule has 1 aliphatic rings. The van der Waals surface area contributed by atoms with Gasteiger partial charge in [-0.15, -0.1) is 0 Å². The van der Waals surface area contributed by atoms with Crippen LogP contribution >= 0.6 is 0 Å². The Labute approximate surface area is 180 Å². The van der Waals surface area contributed by atoms with Gasteiger partial charge in [-0.2, -0.15) is 0 Å². The van der Waals surface area contributed by atoms with Gasteiger partial charge >= 0.3 is 0 Å². The Morgan fingerprint density at radius 1 is 0.903 bits per heavy atom. The largest absolute Gasteiger partial charge is 0.371 e. The summed E-state index contributed by atoms with van der Waals surface area (Å²) in [4.78, 5) is 27.5. The highest BCUT2D eigenvalue weighted by Gasteiger charge is 2.24. The zero-order valence-corrected chi connectivity index (χ0v) is 17.1. The quantitative estimate of drug-likeness (QED) is 0.627. The van der Waals surface area contributed by atoms with Gasteiger partial charge < -0.3 is 15.5 Å². The molecule has 158 valence electrons. The molecule has 0 radical (unpaired) electrons. The molecule has 1 atom stereocenters. The molecule has 1 aliphatic heterocycles. The minimum atomic E-state index is -0.258. The van der Waals surface area contributed by atoms with E-state index in [1.54, 1.807) is 60.7 Å². The van der Waals surface area contributed by atoms with Crippen molar-refractivity contribution in [1.82, 2.24) is 5.32 Å². The Hall–Kier alpha value is -3.67. The van der Waals surface area contributed by atoms with E-state index in [9.17, 15) is 14.0 Å². The number of amides is 2. The highest BCUT2D eigenvalue weighted by molar-refractivity contribution is 6.08. The predicted octanol–water partition coefficient (Wildman–Crippen LogP) is 4.33. The number of nitrogens with one attached hydrogen (secondary N) is 2. The van der Waals surface area contributed by atoms with Crippen LogP contribution in [0, 0.1) is 11.7 Å². The maximum atomic E-state index is 13.1. The monoisotopic (exact) mass is 417 g/mol. The van der Waals surface area contributed by atoms with Gasteiger partial charge in [0.15, 0.2) is 0 Å². The van der Waals surface area contributed by atoms with Gasteiger partial charge in [0.25, 0.3) is 11.8 Å². The fourth-order valence-electron chi connectivity index (χ4n) is 3.79. The summed E-state index contributed by atoms with van der Waals surface area (Å²) < 4.78 is 13.1. The minimum Gasteiger partial charge on any atom is -0.371 e. The van der Waals surface area contributed by atoms with Crippen LogP contribution in [-0.2, 0) is 0 Å². The van der Waals surface area contributed by atoms with Crippen LogP contribution in [0.15, 0.2) is 78.9 Å². The van der Waals surface area contributed by atoms with Gasteiger partial charge in [0, 0.05) is 30.9 Å². The highest BCUT2D eigenvalue weighted by Crippen LogP contribution is 2.24. The number of carbonyl (C=O) groups is 2. The average Bonchev–Trinajstić information content (AvgIpc) is 3.28. The second-order valence-corrected chi connectivity index (χ2v) is 7.65. The third-order valence-electron chi connectivity index (χ3n) is 5.48. The van der Waals surface area contributed by atoms with Gasteiger partial charge in [0.2, 0.25) is 0 Å². The number of nitrogens with zero attached hydrogens (tertiary/aromatic N) is 1. The second-order valence-electron chi connectivity index (χ2n) is 7.65. The molecule has 0 aliphatic carbocycles. The molecule has 2 amide bonds. The lowest BCUT2D eigenvalue weighted by Crippen LogP contribution is -2.31. The van der Waals surface area contributed by atoms with Crippen LogP contribution in [0.3, 0.4) is 0 Å². The standard InChI is InChI=1S/C25H24FN3O2/c26-20-10-12-21(13-11-20)29-15-14-18(17-29)16-27-25(31)22-8-4-5-9-23(22)28-24(30)19-6-2-1-3-7-19/h1-13,18H,14-17H2,(H,27,31)(H,28,30). The molecule has 1 heterocycles. The summed E-state index contributed by atoms with van der Waals surface area (Å²) in [6, 6.07) is 22.4. The van der Waals surface area contributed by atoms with Gasteiger partial charge in [-0.3, -0.25) is 9.59 Å². The van der Waals surface area contributed by atoms with Gasteiger partial charge in [-0.05, 0) is 60.9 Å². The maximum absolute atomic E-state index is 13.1. The topological polar surface area (TPSA) is 61.4 Å². The van der Waals surface area contributed by atoms with Crippen molar-refractivity contribution < 1.29 is 14.0 Å². The van der Waals surface area contributed by atoms with E-state index in [2.05, 4.69) is 15.5 Å². The third kappa shape index (κ3) is 5.09. The van der Waals surface area contributed by atoms with Gasteiger partial charge in [0.1, 0.15) is 5.82 Å². The Morgan fingerprint density at radius 2 is 1.61 bits per heavy atom. The number of para-hydroxylation sites is 1. The number of carbonyl (C=O) groups excluding carboxylic acids is 2. The zero-order valence-electron chi connectivity index (χ0n) is 17.1. The molecule has 1 saturated heterocycles. The van der Waals surface area contributed by atoms with Crippen molar-refractivity contribution in [3.8, 4) is 0 Å². The normalized spacial score (nSPS) is 15.5. The number of hydrogen-bond acceptors (Lipinski definition) is 3. The van der Waals surface area contributed by atoms with E-state index in [4.69, 9.17) is 0 Å². The third-order valence-corrected chi connectivity index (χ3v) is 5.48. The highest BCUT2D eigenvalue weighted by atomic mass is 19.1. The van der Waals surface area contributed by atoms with E-state index >= 15 is 0 Å². The molecular formula is C25H24FN3O2. The van der Waals surface area contributed by atoms with Crippen molar-refractivity contribution in [3.63, 3.8) is 0 Å². The molecule has 4 rings (SSSR count). The molecule has 0 aromatic heterocycles. The number of rotatable bonds is 6. The summed E-state index contributed by atoms with van der Waals surface area (Å²) in [7, 11) is 0. The van der Waals surface area contributed by atoms with E-state index in [0.29, 0.717) is 29.3 Å². The molecule has 0 bridgehead atoms. The summed E-state index contributed by atoms with van der Waals surface area (Å²) in [5, 5.41) is 5.83. The zero-order chi connectivity index (χ0) is 21.6. The summed E-state index contributed by atoms with van der Waals surface area (Å²) in [5.41, 5.74) is 2.43. The Balaban J connectivity index is 1.35. The molecule has 6 heteroatoms. The lowest BCUT2D eigenvalue weighted by Gasteiger charge is -2.19. The summed E-state index contributed by atoms with van der Waals surface area (Å²) in [6.45, 7) is 2.21. The van der Waals surface area contributed by atoms with E-state index in [0.717, 1.165) is 25.2 Å². The Bertz CT molecular complexity index is 1050. The Morgan fingerprint density at radius 3 is 2.39 bits per heavy atom. The molecule has 3 aromatic carbocycles. The fraction of sp³-hybridized carbons (Fsp3) is 0.200. The van der Waals surface area contributed by atoms with Crippen LogP contribution in [0.5, 0.6) is 0 Å². The SMILES string of the molecule is O=C(Nc1ccccc1C(=O)NCC1CCN(c2ccc(F)cc2)C1)c1ccccc1. The summed E-state index contributed by atoms with van der Waals surface area (Å²) in [6.07, 6.45) is 0.948. The second kappa shape index (κ2) is 9.43. The van der Waals surface area contributed by atoms with Crippen LogP contribution in [-0.4, -0.2) is 31.4 Å². The predicted molar refractivity (Wildman–Crippen MR) is 120 cm³/mol. The first kappa shape index (κ1) is 20.6. The smallest absolute Gasteiger partial charge is 0.255 e. The molecule has 1 unspecified atom stereocenters. The maximum Gasteiger partial charge on any atom is 0.255 e. The molecular weight excluding hydrogens is 393 g/mol. The van der Waals surface area contributed by atoms with Gasteiger partial charge in [-0.1, -0.05) is 30.3 Å². The number of benzene rings is 3. The van der Waals surface area contributed by atoms with Crippen molar-refractivity contribution in [3.05, 3.63) is 95.8 Å². The van der Waals surface area contributed by atoms with Crippen molar-refractivity contribution in [2.24, 2.45) is 5.92 Å². The minimum absolute atomic E-state index is 0.218. The van der Waals surface area contributed by atoms with Crippen LogP contribution < -0.4 is 15.5 Å². The summed E-state index contributed by atoms with van der Waals surface area (Å²) in [5.74, 6) is -0.416. The van der Waals surface area contributed by atoms with Gasteiger partial charge in [-0.25, -0.2) is 4.39 Å². The van der Waals surface area contributed by atoms with Gasteiger partial charge in [0.05, 0.1) is 11.3 Å².